The van der Waals surface area contributed by atoms with Crippen LogP contribution in [0.5, 0.6) is 0 Å². The first-order chi connectivity index (χ1) is 8.29. The third-order valence-electron chi connectivity index (χ3n) is 2.18. The highest BCUT2D eigenvalue weighted by Crippen LogP contribution is 2.07. The molecule has 17 heavy (non-hydrogen) atoms. The van der Waals surface area contributed by atoms with E-state index in [0.717, 1.165) is 6.54 Å². The molecule has 0 fully saturated rings. The summed E-state index contributed by atoms with van der Waals surface area (Å²) in [6.45, 7) is 3.40. The predicted molar refractivity (Wildman–Crippen MR) is 63.3 cm³/mol. The first-order valence-electron chi connectivity index (χ1n) is 5.37. The number of aromatic amines is 1. The first-order valence-corrected chi connectivity index (χ1v) is 5.37. The second kappa shape index (κ2) is 5.31. The lowest BCUT2D eigenvalue weighted by molar-refractivity contribution is 0.707. The fourth-order valence-corrected chi connectivity index (χ4v) is 1.40. The normalized spacial score (nSPS) is 10.4. The van der Waals surface area contributed by atoms with Crippen LogP contribution in [0.1, 0.15) is 12.6 Å². The molecule has 2 aromatic rings. The largest absolute Gasteiger partial charge is 0.311 e. The lowest BCUT2D eigenvalue weighted by atomic mass is 10.3. The van der Waals surface area contributed by atoms with Crippen molar-refractivity contribution in [1.29, 1.82) is 0 Å². The highest BCUT2D eigenvalue weighted by Gasteiger charge is 2.04. The molecule has 2 aromatic heterocycles. The van der Waals surface area contributed by atoms with Crippen molar-refractivity contribution in [1.82, 2.24) is 25.3 Å². The van der Waals surface area contributed by atoms with Gasteiger partial charge in [0.15, 0.2) is 5.82 Å². The third-order valence-corrected chi connectivity index (χ3v) is 2.18. The number of H-pyrrole nitrogens is 1. The zero-order chi connectivity index (χ0) is 12.1. The number of rotatable bonds is 4. The Labute approximate surface area is 98.2 Å². The molecular formula is C11H13N5O. The van der Waals surface area contributed by atoms with Gasteiger partial charge in [0.1, 0.15) is 12.0 Å². The van der Waals surface area contributed by atoms with Crippen molar-refractivity contribution in [3.05, 3.63) is 40.7 Å². The van der Waals surface area contributed by atoms with Crippen LogP contribution in [0, 0.1) is 0 Å². The molecule has 2 N–H and O–H groups in total. The van der Waals surface area contributed by atoms with Crippen molar-refractivity contribution >= 4 is 0 Å². The molecule has 0 aliphatic heterocycles. The average Bonchev–Trinajstić information content (AvgIpc) is 2.37. The standard InChI is InChI=1S/C11H13N5O/c1-2-12-6-8-5-10(17)16-11(15-8)9-3-4-13-7-14-9/h3-5,7,12H,2,6H2,1H3,(H,15,16,17). The average molecular weight is 231 g/mol. The highest BCUT2D eigenvalue weighted by molar-refractivity contribution is 5.47. The van der Waals surface area contributed by atoms with Gasteiger partial charge in [-0.05, 0) is 12.6 Å². The molecular weight excluding hydrogens is 218 g/mol. The van der Waals surface area contributed by atoms with E-state index in [-0.39, 0.29) is 5.56 Å². The summed E-state index contributed by atoms with van der Waals surface area (Å²) in [6, 6.07) is 3.18. The Morgan fingerprint density at radius 1 is 1.47 bits per heavy atom. The minimum Gasteiger partial charge on any atom is -0.311 e. The van der Waals surface area contributed by atoms with Crippen LogP contribution in [-0.4, -0.2) is 26.5 Å². The van der Waals surface area contributed by atoms with Crippen molar-refractivity contribution in [2.45, 2.75) is 13.5 Å². The van der Waals surface area contributed by atoms with Crippen molar-refractivity contribution < 1.29 is 0 Å². The Balaban J connectivity index is 2.35. The zero-order valence-corrected chi connectivity index (χ0v) is 9.47. The van der Waals surface area contributed by atoms with Crippen molar-refractivity contribution in [2.75, 3.05) is 6.54 Å². The van der Waals surface area contributed by atoms with Gasteiger partial charge < -0.3 is 10.3 Å². The summed E-state index contributed by atoms with van der Waals surface area (Å²) in [7, 11) is 0. The Hall–Kier alpha value is -2.08. The maximum absolute atomic E-state index is 11.5. The topological polar surface area (TPSA) is 83.6 Å². The summed E-state index contributed by atoms with van der Waals surface area (Å²) in [5, 5.41) is 3.12. The zero-order valence-electron chi connectivity index (χ0n) is 9.47. The van der Waals surface area contributed by atoms with Gasteiger partial charge in [-0.2, -0.15) is 0 Å². The Morgan fingerprint density at radius 3 is 3.06 bits per heavy atom. The van der Waals surface area contributed by atoms with Gasteiger partial charge in [-0.25, -0.2) is 15.0 Å². The van der Waals surface area contributed by atoms with E-state index in [2.05, 4.69) is 25.3 Å². The molecule has 0 spiro atoms. The number of hydrogen-bond donors (Lipinski definition) is 2. The molecule has 0 unspecified atom stereocenters. The van der Waals surface area contributed by atoms with Gasteiger partial charge in [0.05, 0.1) is 5.69 Å². The van der Waals surface area contributed by atoms with Gasteiger partial charge in [0.2, 0.25) is 0 Å². The minimum atomic E-state index is -0.179. The number of aromatic nitrogens is 4. The van der Waals surface area contributed by atoms with Gasteiger partial charge in [0.25, 0.3) is 5.56 Å². The molecule has 0 aliphatic carbocycles. The number of hydrogen-bond acceptors (Lipinski definition) is 5. The molecule has 0 radical (unpaired) electrons. The minimum absolute atomic E-state index is 0.179. The number of nitrogens with zero attached hydrogens (tertiary/aromatic N) is 3. The van der Waals surface area contributed by atoms with Crippen LogP contribution < -0.4 is 10.9 Å². The lowest BCUT2D eigenvalue weighted by Crippen LogP contribution is -2.17. The molecule has 0 atom stereocenters. The van der Waals surface area contributed by atoms with E-state index in [0.29, 0.717) is 23.8 Å². The lowest BCUT2D eigenvalue weighted by Gasteiger charge is -2.03. The first kappa shape index (κ1) is 11.4. The summed E-state index contributed by atoms with van der Waals surface area (Å²) >= 11 is 0. The summed E-state index contributed by atoms with van der Waals surface area (Å²) in [5.41, 5.74) is 1.13. The molecule has 0 saturated heterocycles. The third kappa shape index (κ3) is 2.94. The molecule has 0 aromatic carbocycles. The Kier molecular flexibility index (Phi) is 3.56. The molecule has 6 heteroatoms. The Morgan fingerprint density at radius 2 is 2.35 bits per heavy atom. The molecule has 0 bridgehead atoms. The molecule has 2 heterocycles. The summed E-state index contributed by atoms with van der Waals surface area (Å²) in [4.78, 5) is 26.3. The van der Waals surface area contributed by atoms with Crippen molar-refractivity contribution in [3.63, 3.8) is 0 Å². The van der Waals surface area contributed by atoms with Crippen LogP contribution >= 0.6 is 0 Å². The van der Waals surface area contributed by atoms with E-state index in [1.54, 1.807) is 12.3 Å². The summed E-state index contributed by atoms with van der Waals surface area (Å²) in [5.74, 6) is 0.466. The van der Waals surface area contributed by atoms with Crippen LogP contribution in [0.4, 0.5) is 0 Å². The summed E-state index contributed by atoms with van der Waals surface area (Å²) < 4.78 is 0. The van der Waals surface area contributed by atoms with Gasteiger partial charge in [-0.1, -0.05) is 6.92 Å². The van der Waals surface area contributed by atoms with E-state index < -0.39 is 0 Å². The predicted octanol–water partition coefficient (Wildman–Crippen LogP) is 0.336. The van der Waals surface area contributed by atoms with E-state index in [4.69, 9.17) is 0 Å². The number of nitrogens with one attached hydrogen (secondary N) is 2. The van der Waals surface area contributed by atoms with Crippen LogP contribution in [0.3, 0.4) is 0 Å². The van der Waals surface area contributed by atoms with E-state index in [9.17, 15) is 4.79 Å². The van der Waals surface area contributed by atoms with Gasteiger partial charge >= 0.3 is 0 Å². The molecule has 0 saturated carbocycles. The van der Waals surface area contributed by atoms with Gasteiger partial charge in [-0.15, -0.1) is 0 Å². The SMILES string of the molecule is CCNCc1cc(=O)[nH]c(-c2ccncn2)n1. The second-order valence-electron chi connectivity index (χ2n) is 3.46. The molecule has 88 valence electrons. The molecule has 6 nitrogen and oxygen atoms in total. The van der Waals surface area contributed by atoms with Gasteiger partial charge in [0, 0.05) is 18.8 Å². The van der Waals surface area contributed by atoms with Crippen LogP contribution in [-0.2, 0) is 6.54 Å². The van der Waals surface area contributed by atoms with Crippen LogP contribution in [0.25, 0.3) is 11.5 Å². The van der Waals surface area contributed by atoms with Crippen molar-refractivity contribution in [3.8, 4) is 11.5 Å². The fourth-order valence-electron chi connectivity index (χ4n) is 1.40. The molecule has 0 aliphatic rings. The van der Waals surface area contributed by atoms with Crippen molar-refractivity contribution in [2.24, 2.45) is 0 Å². The second-order valence-corrected chi connectivity index (χ2v) is 3.46. The van der Waals surface area contributed by atoms with Crippen LogP contribution in [0.15, 0.2) is 29.5 Å². The van der Waals surface area contributed by atoms with E-state index in [1.165, 1.54) is 12.4 Å². The van der Waals surface area contributed by atoms with E-state index in [1.807, 2.05) is 6.92 Å². The molecule has 0 amide bonds. The fraction of sp³-hybridized carbons (Fsp3) is 0.273. The van der Waals surface area contributed by atoms with Gasteiger partial charge in [-0.3, -0.25) is 4.79 Å². The maximum atomic E-state index is 11.5. The smallest absolute Gasteiger partial charge is 0.251 e. The molecule has 2 rings (SSSR count). The monoisotopic (exact) mass is 231 g/mol. The highest BCUT2D eigenvalue weighted by atomic mass is 16.1. The summed E-state index contributed by atoms with van der Waals surface area (Å²) in [6.07, 6.45) is 3.03. The Bertz CT molecular complexity index is 537. The quantitative estimate of drug-likeness (QED) is 0.792. The van der Waals surface area contributed by atoms with Crippen LogP contribution in [0.2, 0.25) is 0 Å². The van der Waals surface area contributed by atoms with E-state index >= 15 is 0 Å². The maximum Gasteiger partial charge on any atom is 0.251 e.